The molecule has 4 aliphatic rings. The number of piperidine rings is 1. The SMILES string of the molecule is CC1CCC2[C@H]3Cc4ccc(P=O)c5c4[C@@]2(CCN3)[C@H]1O5. The van der Waals surface area contributed by atoms with Crippen LogP contribution in [0.2, 0.25) is 0 Å². The van der Waals surface area contributed by atoms with Gasteiger partial charge < -0.3 is 10.1 Å². The molecule has 1 aromatic carbocycles. The molecular formula is C17H20NO2P. The Hall–Kier alpha value is -0.920. The molecule has 2 aliphatic heterocycles. The lowest BCUT2D eigenvalue weighted by atomic mass is 9.51. The first-order valence-electron chi connectivity index (χ1n) is 8.15. The summed E-state index contributed by atoms with van der Waals surface area (Å²) < 4.78 is 18.0. The van der Waals surface area contributed by atoms with Crippen molar-refractivity contribution >= 4 is 13.8 Å². The Bertz CT molecular complexity index is 646. The molecule has 4 heteroatoms. The van der Waals surface area contributed by atoms with Crippen molar-refractivity contribution < 1.29 is 9.30 Å². The maximum absolute atomic E-state index is 11.5. The molecule has 1 saturated carbocycles. The fourth-order valence-electron chi connectivity index (χ4n) is 5.80. The molecule has 2 fully saturated rings. The van der Waals surface area contributed by atoms with E-state index in [1.54, 1.807) is 0 Å². The van der Waals surface area contributed by atoms with Crippen LogP contribution < -0.4 is 15.4 Å². The van der Waals surface area contributed by atoms with Crippen LogP contribution in [0.4, 0.5) is 0 Å². The van der Waals surface area contributed by atoms with Crippen molar-refractivity contribution in [1.82, 2.24) is 5.32 Å². The van der Waals surface area contributed by atoms with E-state index in [1.165, 1.54) is 30.4 Å². The minimum atomic E-state index is 0.0904. The van der Waals surface area contributed by atoms with Crippen LogP contribution >= 0.6 is 8.46 Å². The van der Waals surface area contributed by atoms with Crippen molar-refractivity contribution in [2.24, 2.45) is 11.8 Å². The van der Waals surface area contributed by atoms with Gasteiger partial charge in [0.25, 0.3) is 0 Å². The highest BCUT2D eigenvalue weighted by Crippen LogP contribution is 2.61. The standard InChI is InChI=1S/C17H20NO2P/c1-9-2-4-11-12-8-10-3-5-13(21-19)15-14(10)17(11,6-7-18-12)16(9)20-15/h3,5,9,11-12,16,18H,2,4,6-8H2,1H3/t9?,11?,12-,16+,17+/m1/s1. The number of benzene rings is 1. The summed E-state index contributed by atoms with van der Waals surface area (Å²) in [6.07, 6.45) is 5.12. The maximum atomic E-state index is 11.5. The van der Waals surface area contributed by atoms with E-state index in [4.69, 9.17) is 4.74 Å². The first-order chi connectivity index (χ1) is 10.3. The molecule has 1 spiro atoms. The molecule has 5 rings (SSSR count). The van der Waals surface area contributed by atoms with Crippen LogP contribution in [-0.4, -0.2) is 18.7 Å². The molecule has 1 N–H and O–H groups in total. The zero-order valence-corrected chi connectivity index (χ0v) is 13.2. The first-order valence-corrected chi connectivity index (χ1v) is 8.96. The van der Waals surface area contributed by atoms with Crippen LogP contribution in [0.5, 0.6) is 5.75 Å². The summed E-state index contributed by atoms with van der Waals surface area (Å²) in [4.78, 5) is 0. The van der Waals surface area contributed by atoms with Crippen LogP contribution in [0.25, 0.3) is 0 Å². The second-order valence-electron chi connectivity index (χ2n) is 7.29. The summed E-state index contributed by atoms with van der Waals surface area (Å²) in [5.74, 6) is 2.25. The van der Waals surface area contributed by atoms with Gasteiger partial charge in [-0.15, -0.1) is 0 Å². The summed E-state index contributed by atoms with van der Waals surface area (Å²) in [5, 5.41) is 4.60. The second kappa shape index (κ2) is 4.08. The average Bonchev–Trinajstić information content (AvgIpc) is 2.83. The minimum absolute atomic E-state index is 0.0904. The van der Waals surface area contributed by atoms with E-state index in [-0.39, 0.29) is 20.0 Å². The third-order valence-corrected chi connectivity index (χ3v) is 7.07. The maximum Gasteiger partial charge on any atom is 0.196 e. The van der Waals surface area contributed by atoms with Crippen molar-refractivity contribution in [3.05, 3.63) is 23.3 Å². The Balaban J connectivity index is 1.83. The molecule has 110 valence electrons. The molecule has 2 aliphatic carbocycles. The van der Waals surface area contributed by atoms with E-state index in [0.29, 0.717) is 17.9 Å². The zero-order valence-electron chi connectivity index (χ0n) is 12.3. The summed E-state index contributed by atoms with van der Waals surface area (Å²) in [6.45, 7) is 3.42. The van der Waals surface area contributed by atoms with E-state index < -0.39 is 0 Å². The van der Waals surface area contributed by atoms with Gasteiger partial charge in [0.05, 0.1) is 5.30 Å². The van der Waals surface area contributed by atoms with Crippen LogP contribution in [-0.2, 0) is 16.4 Å². The normalized spacial score (nSPS) is 42.5. The quantitative estimate of drug-likeness (QED) is 0.810. The predicted octanol–water partition coefficient (Wildman–Crippen LogP) is 2.57. The third-order valence-electron chi connectivity index (χ3n) is 6.52. The Morgan fingerprint density at radius 3 is 3.14 bits per heavy atom. The molecule has 2 heterocycles. The summed E-state index contributed by atoms with van der Waals surface area (Å²) in [5.41, 5.74) is 3.06. The van der Waals surface area contributed by atoms with E-state index in [2.05, 4.69) is 18.3 Å². The Morgan fingerprint density at radius 2 is 2.29 bits per heavy atom. The molecule has 1 saturated heterocycles. The Kier molecular flexibility index (Phi) is 2.45. The lowest BCUT2D eigenvalue weighted by Gasteiger charge is -2.56. The molecular weight excluding hydrogens is 281 g/mol. The average molecular weight is 301 g/mol. The highest BCUT2D eigenvalue weighted by Gasteiger charge is 2.63. The van der Waals surface area contributed by atoms with E-state index >= 15 is 0 Å². The van der Waals surface area contributed by atoms with Gasteiger partial charge in [-0.1, -0.05) is 13.0 Å². The van der Waals surface area contributed by atoms with Crippen LogP contribution in [0.3, 0.4) is 0 Å². The van der Waals surface area contributed by atoms with E-state index in [1.807, 2.05) is 6.07 Å². The van der Waals surface area contributed by atoms with Crippen LogP contribution in [0, 0.1) is 11.8 Å². The van der Waals surface area contributed by atoms with Gasteiger partial charge in [-0.2, -0.15) is 0 Å². The predicted molar refractivity (Wildman–Crippen MR) is 81.8 cm³/mol. The molecule has 21 heavy (non-hydrogen) atoms. The van der Waals surface area contributed by atoms with Gasteiger partial charge in [0.15, 0.2) is 8.46 Å². The molecule has 1 aromatic rings. The fraction of sp³-hybridized carbons (Fsp3) is 0.647. The summed E-state index contributed by atoms with van der Waals surface area (Å²) in [7, 11) is 0.0904. The van der Waals surface area contributed by atoms with Gasteiger partial charge >= 0.3 is 0 Å². The minimum Gasteiger partial charge on any atom is -0.488 e. The first kappa shape index (κ1) is 12.6. The van der Waals surface area contributed by atoms with Crippen molar-refractivity contribution in [2.45, 2.75) is 50.2 Å². The van der Waals surface area contributed by atoms with Crippen molar-refractivity contribution in [3.63, 3.8) is 0 Å². The highest BCUT2D eigenvalue weighted by molar-refractivity contribution is 7.34. The summed E-state index contributed by atoms with van der Waals surface area (Å²) >= 11 is 0. The van der Waals surface area contributed by atoms with Gasteiger partial charge in [-0.05, 0) is 55.7 Å². The van der Waals surface area contributed by atoms with Crippen LogP contribution in [0.15, 0.2) is 12.1 Å². The van der Waals surface area contributed by atoms with Gasteiger partial charge in [0.1, 0.15) is 11.9 Å². The lowest BCUT2D eigenvalue weighted by Crippen LogP contribution is -2.64. The van der Waals surface area contributed by atoms with Gasteiger partial charge in [0.2, 0.25) is 0 Å². The molecule has 2 bridgehead atoms. The zero-order chi connectivity index (χ0) is 14.2. The molecule has 2 unspecified atom stereocenters. The Morgan fingerprint density at radius 1 is 1.38 bits per heavy atom. The number of ether oxygens (including phenoxy) is 1. The number of rotatable bonds is 1. The van der Waals surface area contributed by atoms with Crippen molar-refractivity contribution in [1.29, 1.82) is 0 Å². The number of hydrogen-bond acceptors (Lipinski definition) is 3. The van der Waals surface area contributed by atoms with Gasteiger partial charge in [-0.3, -0.25) is 4.57 Å². The topological polar surface area (TPSA) is 38.3 Å². The molecule has 5 atom stereocenters. The van der Waals surface area contributed by atoms with Crippen molar-refractivity contribution in [2.75, 3.05) is 6.54 Å². The highest BCUT2D eigenvalue weighted by atomic mass is 31.1. The number of hydrogen-bond donors (Lipinski definition) is 1. The van der Waals surface area contributed by atoms with Crippen LogP contribution in [0.1, 0.15) is 37.3 Å². The summed E-state index contributed by atoms with van der Waals surface area (Å²) in [6, 6.07) is 4.80. The fourth-order valence-corrected chi connectivity index (χ4v) is 6.18. The Labute approximate surface area is 126 Å². The van der Waals surface area contributed by atoms with E-state index in [0.717, 1.165) is 24.0 Å². The third kappa shape index (κ3) is 1.36. The molecule has 3 nitrogen and oxygen atoms in total. The second-order valence-corrected chi connectivity index (χ2v) is 7.96. The molecule has 0 amide bonds. The van der Waals surface area contributed by atoms with Gasteiger partial charge in [-0.25, -0.2) is 0 Å². The monoisotopic (exact) mass is 301 g/mol. The molecule has 0 aromatic heterocycles. The largest absolute Gasteiger partial charge is 0.488 e. The van der Waals surface area contributed by atoms with E-state index in [9.17, 15) is 4.57 Å². The van der Waals surface area contributed by atoms with Gasteiger partial charge in [0, 0.05) is 17.0 Å². The number of nitrogens with one attached hydrogen (secondary N) is 1. The smallest absolute Gasteiger partial charge is 0.196 e. The lowest BCUT2D eigenvalue weighted by molar-refractivity contribution is -0.0278. The van der Waals surface area contributed by atoms with Crippen molar-refractivity contribution in [3.8, 4) is 5.75 Å². The molecule has 0 radical (unpaired) electrons.